The molecule has 30 heavy (non-hydrogen) atoms. The number of hydrogen-bond donors (Lipinski definition) is 1. The second-order valence-corrected chi connectivity index (χ2v) is 10.5. The van der Waals surface area contributed by atoms with Crippen molar-refractivity contribution in [3.8, 4) is 0 Å². The molecule has 2 heterocycles. The van der Waals surface area contributed by atoms with Crippen molar-refractivity contribution in [2.75, 3.05) is 18.4 Å². The van der Waals surface area contributed by atoms with Gasteiger partial charge in [-0.3, -0.25) is 9.59 Å². The number of carbonyl (C=O) groups is 1. The number of hydrogen-bond acceptors (Lipinski definition) is 5. The molecule has 0 radical (unpaired) electrons. The van der Waals surface area contributed by atoms with Crippen LogP contribution in [0.1, 0.15) is 29.6 Å². The van der Waals surface area contributed by atoms with E-state index in [1.165, 1.54) is 27.1 Å². The molecule has 158 valence electrons. The number of halogens is 1. The van der Waals surface area contributed by atoms with Crippen LogP contribution in [0.2, 0.25) is 5.02 Å². The summed E-state index contributed by atoms with van der Waals surface area (Å²) >= 11 is 7.29. The highest BCUT2D eigenvalue weighted by Crippen LogP contribution is 2.27. The predicted molar refractivity (Wildman–Crippen MR) is 119 cm³/mol. The van der Waals surface area contributed by atoms with E-state index in [-0.39, 0.29) is 20.4 Å². The van der Waals surface area contributed by atoms with Crippen molar-refractivity contribution in [3.63, 3.8) is 0 Å². The summed E-state index contributed by atoms with van der Waals surface area (Å²) in [5.41, 5.74) is 1.35. The number of sulfonamides is 1. The second-order valence-electron chi connectivity index (χ2n) is 7.17. The molecular weight excluding hydrogens is 446 g/mol. The molecule has 1 amide bonds. The molecule has 4 rings (SSSR count). The lowest BCUT2D eigenvalue weighted by Crippen LogP contribution is -2.35. The van der Waals surface area contributed by atoms with Gasteiger partial charge in [0.25, 0.3) is 5.91 Å². The lowest BCUT2D eigenvalue weighted by Gasteiger charge is -2.26. The predicted octanol–water partition coefficient (Wildman–Crippen LogP) is 3.68. The highest BCUT2D eigenvalue weighted by atomic mass is 35.5. The van der Waals surface area contributed by atoms with Crippen molar-refractivity contribution in [1.82, 2.24) is 8.87 Å². The average molecular weight is 466 g/mol. The number of anilines is 1. The van der Waals surface area contributed by atoms with Gasteiger partial charge in [0.2, 0.25) is 10.0 Å². The first-order valence-electron chi connectivity index (χ1n) is 9.48. The van der Waals surface area contributed by atoms with Crippen LogP contribution in [0.4, 0.5) is 5.69 Å². The van der Waals surface area contributed by atoms with Crippen molar-refractivity contribution in [2.24, 2.45) is 7.05 Å². The van der Waals surface area contributed by atoms with Gasteiger partial charge in [-0.2, -0.15) is 4.31 Å². The Morgan fingerprint density at radius 1 is 1.10 bits per heavy atom. The maximum Gasteiger partial charge on any atom is 0.307 e. The number of piperidine rings is 1. The first kappa shape index (κ1) is 21.0. The number of benzene rings is 2. The molecule has 0 unspecified atom stereocenters. The summed E-state index contributed by atoms with van der Waals surface area (Å²) in [6.07, 6.45) is 2.67. The third-order valence-electron chi connectivity index (χ3n) is 5.19. The van der Waals surface area contributed by atoms with Crippen LogP contribution in [-0.2, 0) is 17.1 Å². The van der Waals surface area contributed by atoms with Crippen LogP contribution >= 0.6 is 22.9 Å². The minimum atomic E-state index is -3.68. The highest BCUT2D eigenvalue weighted by Gasteiger charge is 2.27. The van der Waals surface area contributed by atoms with Gasteiger partial charge in [-0.05, 0) is 49.2 Å². The largest absolute Gasteiger partial charge is 0.322 e. The van der Waals surface area contributed by atoms with E-state index in [2.05, 4.69) is 5.32 Å². The molecule has 10 heteroatoms. The van der Waals surface area contributed by atoms with Gasteiger partial charge in [0.15, 0.2) is 0 Å². The van der Waals surface area contributed by atoms with E-state index in [9.17, 15) is 18.0 Å². The van der Waals surface area contributed by atoms with Crippen LogP contribution < -0.4 is 10.2 Å². The minimum Gasteiger partial charge on any atom is -0.322 e. The van der Waals surface area contributed by atoms with Crippen LogP contribution in [-0.4, -0.2) is 36.3 Å². The molecule has 1 aliphatic heterocycles. The zero-order valence-corrected chi connectivity index (χ0v) is 18.6. The Morgan fingerprint density at radius 2 is 1.83 bits per heavy atom. The molecule has 0 saturated carbocycles. The number of aromatic nitrogens is 1. The summed E-state index contributed by atoms with van der Waals surface area (Å²) in [5.74, 6) is -0.515. The summed E-state index contributed by atoms with van der Waals surface area (Å²) in [6, 6.07) is 9.33. The fourth-order valence-corrected chi connectivity index (χ4v) is 6.17. The summed E-state index contributed by atoms with van der Waals surface area (Å²) in [4.78, 5) is 24.6. The summed E-state index contributed by atoms with van der Waals surface area (Å²) in [7, 11) is -1.99. The van der Waals surface area contributed by atoms with E-state index in [1.807, 2.05) is 0 Å². The molecule has 0 spiro atoms. The molecule has 1 aliphatic rings. The number of fused-ring (bicyclic) bond motifs is 1. The number of thiazole rings is 1. The Hall–Kier alpha value is -2.20. The van der Waals surface area contributed by atoms with Crippen LogP contribution in [0.15, 0.2) is 46.1 Å². The van der Waals surface area contributed by atoms with Gasteiger partial charge in [0.05, 0.1) is 25.7 Å². The van der Waals surface area contributed by atoms with Gasteiger partial charge >= 0.3 is 4.87 Å². The molecule has 2 aromatic carbocycles. The highest BCUT2D eigenvalue weighted by molar-refractivity contribution is 7.89. The van der Waals surface area contributed by atoms with E-state index < -0.39 is 15.9 Å². The maximum absolute atomic E-state index is 12.9. The molecule has 7 nitrogen and oxygen atoms in total. The molecule has 0 aliphatic carbocycles. The monoisotopic (exact) mass is 465 g/mol. The number of aryl methyl sites for hydroxylation is 1. The Kier molecular flexibility index (Phi) is 5.71. The van der Waals surface area contributed by atoms with E-state index in [0.717, 1.165) is 40.8 Å². The van der Waals surface area contributed by atoms with Gasteiger partial charge in [0, 0.05) is 25.8 Å². The van der Waals surface area contributed by atoms with E-state index >= 15 is 0 Å². The Balaban J connectivity index is 1.62. The maximum atomic E-state index is 12.9. The van der Waals surface area contributed by atoms with Crippen molar-refractivity contribution in [3.05, 3.63) is 56.7 Å². The number of amides is 1. The van der Waals surface area contributed by atoms with Crippen LogP contribution in [0.3, 0.4) is 0 Å². The molecular formula is C20H20ClN3O4S2. The van der Waals surface area contributed by atoms with Gasteiger partial charge in [-0.25, -0.2) is 8.42 Å². The first-order valence-corrected chi connectivity index (χ1v) is 12.1. The van der Waals surface area contributed by atoms with Gasteiger partial charge in [-0.1, -0.05) is 29.4 Å². The SMILES string of the molecule is Cn1c(=O)sc2cc(NC(=O)c3cc(S(=O)(=O)N4CCCCC4)ccc3Cl)ccc21. The standard InChI is InChI=1S/C20H20ClN3O4S2/c1-23-17-8-5-13(11-18(17)29-20(23)26)22-19(25)15-12-14(6-7-16(15)21)30(27,28)24-9-3-2-4-10-24/h5-8,11-12H,2-4,9-10H2,1H3,(H,22,25). The minimum absolute atomic E-state index is 0.0516. The number of carbonyl (C=O) groups excluding carboxylic acids is 1. The summed E-state index contributed by atoms with van der Waals surface area (Å²) < 4.78 is 29.6. The Bertz CT molecular complexity index is 1290. The zero-order valence-electron chi connectivity index (χ0n) is 16.2. The fraction of sp³-hybridized carbons (Fsp3) is 0.300. The fourth-order valence-electron chi connectivity index (χ4n) is 3.50. The number of rotatable bonds is 4. The Labute approximate surface area is 182 Å². The Morgan fingerprint density at radius 3 is 2.57 bits per heavy atom. The van der Waals surface area contributed by atoms with E-state index in [0.29, 0.717) is 18.8 Å². The molecule has 1 fully saturated rings. The second kappa shape index (κ2) is 8.14. The van der Waals surface area contributed by atoms with Crippen LogP contribution in [0.5, 0.6) is 0 Å². The van der Waals surface area contributed by atoms with Crippen molar-refractivity contribution in [2.45, 2.75) is 24.2 Å². The van der Waals surface area contributed by atoms with Gasteiger partial charge in [0.1, 0.15) is 0 Å². The van der Waals surface area contributed by atoms with Gasteiger partial charge < -0.3 is 9.88 Å². The topological polar surface area (TPSA) is 88.5 Å². The normalized spacial score (nSPS) is 15.4. The summed E-state index contributed by atoms with van der Waals surface area (Å²) in [5, 5.41) is 2.90. The van der Waals surface area contributed by atoms with Crippen LogP contribution in [0.25, 0.3) is 10.2 Å². The lowest BCUT2D eigenvalue weighted by molar-refractivity contribution is 0.102. The molecule has 1 saturated heterocycles. The number of nitrogens with zero attached hydrogens (tertiary/aromatic N) is 2. The van der Waals surface area contributed by atoms with Gasteiger partial charge in [-0.15, -0.1) is 0 Å². The lowest BCUT2D eigenvalue weighted by atomic mass is 10.2. The number of nitrogens with one attached hydrogen (secondary N) is 1. The molecule has 1 aromatic heterocycles. The van der Waals surface area contributed by atoms with Crippen LogP contribution in [0, 0.1) is 0 Å². The van der Waals surface area contributed by atoms with Crippen molar-refractivity contribution < 1.29 is 13.2 Å². The van der Waals surface area contributed by atoms with E-state index in [1.54, 1.807) is 25.2 Å². The van der Waals surface area contributed by atoms with E-state index in [4.69, 9.17) is 11.6 Å². The average Bonchev–Trinajstić information content (AvgIpc) is 3.02. The quantitative estimate of drug-likeness (QED) is 0.636. The summed E-state index contributed by atoms with van der Waals surface area (Å²) in [6.45, 7) is 0.957. The third kappa shape index (κ3) is 3.90. The van der Waals surface area contributed by atoms with Crippen molar-refractivity contribution >= 4 is 54.8 Å². The molecule has 0 atom stereocenters. The van der Waals surface area contributed by atoms with Crippen molar-refractivity contribution in [1.29, 1.82) is 0 Å². The molecule has 0 bridgehead atoms. The smallest absolute Gasteiger partial charge is 0.307 e. The molecule has 1 N–H and O–H groups in total. The first-order chi connectivity index (χ1) is 14.3. The molecule has 3 aromatic rings. The zero-order chi connectivity index (χ0) is 21.5. The third-order valence-corrected chi connectivity index (χ3v) is 8.41.